The van der Waals surface area contributed by atoms with Crippen molar-refractivity contribution in [3.63, 3.8) is 0 Å². The van der Waals surface area contributed by atoms with Gasteiger partial charge < -0.3 is 10.1 Å². The minimum Gasteiger partial charge on any atom is -0.492 e. The van der Waals surface area contributed by atoms with Gasteiger partial charge in [0.1, 0.15) is 22.5 Å². The van der Waals surface area contributed by atoms with Crippen LogP contribution in [0.4, 0.5) is 17.2 Å². The lowest BCUT2D eigenvalue weighted by atomic mass is 10.3. The molecule has 3 rings (SSSR count). The minimum atomic E-state index is -3.93. The number of nitrogens with zero attached hydrogens (tertiary/aromatic N) is 3. The molecule has 1 heterocycles. The number of rotatable bonds is 9. The maximum atomic E-state index is 12.9. The Morgan fingerprint density at radius 1 is 1.15 bits per heavy atom. The summed E-state index contributed by atoms with van der Waals surface area (Å²) < 4.78 is 34.3. The number of aromatic nitrogens is 1. The van der Waals surface area contributed by atoms with E-state index >= 15 is 0 Å². The standard InChI is InChI=1S/C22H19BrN6O4S/c1-2-33-19-11-6-15(23)13-20(19)34(31,32)29-17-9-7-16(8-10-17)27-28-18(14-24)22(30)26-21-5-3-4-12-25-21/h3-13,27,29H,2H2,1H3,(H,25,26,30)/b28-18-. The van der Waals surface area contributed by atoms with Crippen LogP contribution in [0.1, 0.15) is 6.92 Å². The summed E-state index contributed by atoms with van der Waals surface area (Å²) in [5, 5.41) is 15.5. The Kier molecular flexibility index (Phi) is 8.18. The highest BCUT2D eigenvalue weighted by molar-refractivity contribution is 9.10. The average Bonchev–Trinajstić information content (AvgIpc) is 2.82. The molecule has 0 unspecified atom stereocenters. The van der Waals surface area contributed by atoms with Crippen molar-refractivity contribution in [1.29, 1.82) is 5.26 Å². The van der Waals surface area contributed by atoms with E-state index in [1.807, 2.05) is 0 Å². The van der Waals surface area contributed by atoms with Crippen LogP contribution >= 0.6 is 15.9 Å². The van der Waals surface area contributed by atoms with Crippen molar-refractivity contribution in [2.24, 2.45) is 5.10 Å². The van der Waals surface area contributed by atoms with E-state index in [1.54, 1.807) is 43.3 Å². The van der Waals surface area contributed by atoms with Crippen molar-refractivity contribution in [3.05, 3.63) is 71.3 Å². The fourth-order valence-corrected chi connectivity index (χ4v) is 4.39. The molecule has 0 spiro atoms. The molecule has 3 aromatic rings. The molecule has 0 aliphatic heterocycles. The van der Waals surface area contributed by atoms with Gasteiger partial charge in [0, 0.05) is 16.4 Å². The number of nitriles is 1. The smallest absolute Gasteiger partial charge is 0.288 e. The third-order valence-electron chi connectivity index (χ3n) is 4.16. The fraction of sp³-hybridized carbons (Fsp3) is 0.0909. The number of carbonyl (C=O) groups is 1. The molecule has 0 saturated carbocycles. The summed E-state index contributed by atoms with van der Waals surface area (Å²) in [5.74, 6) is -0.207. The van der Waals surface area contributed by atoms with E-state index in [4.69, 9.17) is 4.74 Å². The Bertz CT molecular complexity index is 1340. The summed E-state index contributed by atoms with van der Waals surface area (Å²) in [6.45, 7) is 2.08. The normalized spacial score (nSPS) is 11.3. The monoisotopic (exact) mass is 542 g/mol. The number of hydrogen-bond donors (Lipinski definition) is 3. The van der Waals surface area contributed by atoms with Crippen molar-refractivity contribution in [2.75, 3.05) is 22.1 Å². The van der Waals surface area contributed by atoms with Crippen LogP contribution in [0.25, 0.3) is 0 Å². The molecule has 174 valence electrons. The van der Waals surface area contributed by atoms with Gasteiger partial charge in [0.05, 0.1) is 12.3 Å². The maximum Gasteiger partial charge on any atom is 0.288 e. The Morgan fingerprint density at radius 3 is 2.53 bits per heavy atom. The number of pyridine rings is 1. The molecule has 34 heavy (non-hydrogen) atoms. The summed E-state index contributed by atoms with van der Waals surface area (Å²) in [6, 6.07) is 17.5. The molecule has 3 N–H and O–H groups in total. The number of halogens is 1. The largest absolute Gasteiger partial charge is 0.492 e. The fourth-order valence-electron chi connectivity index (χ4n) is 2.65. The first-order chi connectivity index (χ1) is 16.3. The van der Waals surface area contributed by atoms with E-state index in [0.717, 1.165) is 0 Å². The maximum absolute atomic E-state index is 12.9. The van der Waals surface area contributed by atoms with Crippen LogP contribution in [0.2, 0.25) is 0 Å². The lowest BCUT2D eigenvalue weighted by Gasteiger charge is -2.13. The van der Waals surface area contributed by atoms with Gasteiger partial charge in [-0.3, -0.25) is 14.9 Å². The van der Waals surface area contributed by atoms with Gasteiger partial charge in [-0.1, -0.05) is 22.0 Å². The van der Waals surface area contributed by atoms with Crippen molar-refractivity contribution >= 4 is 54.8 Å². The zero-order valence-electron chi connectivity index (χ0n) is 17.8. The van der Waals surface area contributed by atoms with Crippen molar-refractivity contribution in [2.45, 2.75) is 11.8 Å². The molecule has 0 bridgehead atoms. The van der Waals surface area contributed by atoms with E-state index in [2.05, 4.69) is 41.5 Å². The zero-order chi connectivity index (χ0) is 24.6. The van der Waals surface area contributed by atoms with Crippen molar-refractivity contribution in [1.82, 2.24) is 4.98 Å². The average molecular weight is 543 g/mol. The minimum absolute atomic E-state index is 0.00638. The molecule has 0 fully saturated rings. The highest BCUT2D eigenvalue weighted by Gasteiger charge is 2.20. The van der Waals surface area contributed by atoms with Gasteiger partial charge in [-0.05, 0) is 61.5 Å². The molecule has 10 nitrogen and oxygen atoms in total. The van der Waals surface area contributed by atoms with E-state index in [0.29, 0.717) is 22.5 Å². The quantitative estimate of drug-likeness (QED) is 0.273. The highest BCUT2D eigenvalue weighted by Crippen LogP contribution is 2.29. The van der Waals surface area contributed by atoms with Crippen LogP contribution < -0.4 is 20.2 Å². The number of hydrazone groups is 1. The van der Waals surface area contributed by atoms with Crippen LogP contribution in [0, 0.1) is 11.3 Å². The summed E-state index contributed by atoms with van der Waals surface area (Å²) in [6.07, 6.45) is 1.50. The van der Waals surface area contributed by atoms with Crippen LogP contribution in [0.5, 0.6) is 5.75 Å². The number of ether oxygens (including phenoxy) is 1. The van der Waals surface area contributed by atoms with E-state index in [1.165, 1.54) is 36.5 Å². The number of sulfonamides is 1. The number of amides is 1. The molecule has 0 atom stereocenters. The number of hydrogen-bond acceptors (Lipinski definition) is 8. The summed E-state index contributed by atoms with van der Waals surface area (Å²) in [5.41, 5.74) is 2.92. The molecule has 0 aliphatic carbocycles. The van der Waals surface area contributed by atoms with Crippen LogP contribution in [0.15, 0.2) is 81.3 Å². The van der Waals surface area contributed by atoms with Gasteiger partial charge in [-0.15, -0.1) is 0 Å². The molecule has 1 aromatic heterocycles. The summed E-state index contributed by atoms with van der Waals surface area (Å²) in [4.78, 5) is 16.1. The zero-order valence-corrected chi connectivity index (χ0v) is 20.2. The van der Waals surface area contributed by atoms with Crippen LogP contribution in [0.3, 0.4) is 0 Å². The molecule has 0 radical (unpaired) electrons. The van der Waals surface area contributed by atoms with Crippen LogP contribution in [-0.4, -0.2) is 31.6 Å². The summed E-state index contributed by atoms with van der Waals surface area (Å²) in [7, 11) is -3.93. The van der Waals surface area contributed by atoms with E-state index in [9.17, 15) is 18.5 Å². The summed E-state index contributed by atoms with van der Waals surface area (Å²) >= 11 is 3.27. The van der Waals surface area contributed by atoms with Crippen LogP contribution in [-0.2, 0) is 14.8 Å². The van der Waals surface area contributed by atoms with Crippen molar-refractivity contribution < 1.29 is 17.9 Å². The number of anilines is 3. The van der Waals surface area contributed by atoms with Gasteiger partial charge in [0.25, 0.3) is 15.9 Å². The Morgan fingerprint density at radius 2 is 1.88 bits per heavy atom. The van der Waals surface area contributed by atoms with Gasteiger partial charge in [0.2, 0.25) is 5.71 Å². The second-order valence-electron chi connectivity index (χ2n) is 6.56. The van der Waals surface area contributed by atoms with Gasteiger partial charge in [0.15, 0.2) is 0 Å². The van der Waals surface area contributed by atoms with Gasteiger partial charge in [-0.25, -0.2) is 13.4 Å². The predicted octanol–water partition coefficient (Wildman–Crippen LogP) is 3.97. The first kappa shape index (κ1) is 24.7. The first-order valence-electron chi connectivity index (χ1n) is 9.84. The molecule has 0 aliphatic rings. The SMILES string of the molecule is CCOc1ccc(Br)cc1S(=O)(=O)Nc1ccc(N/N=C(/C#N)C(=O)Nc2ccccn2)cc1. The molecular formula is C22H19BrN6O4S. The third-order valence-corrected chi connectivity index (χ3v) is 6.05. The molecule has 0 saturated heterocycles. The lowest BCUT2D eigenvalue weighted by Crippen LogP contribution is -2.23. The second-order valence-corrected chi connectivity index (χ2v) is 9.13. The number of carbonyl (C=O) groups excluding carboxylic acids is 1. The highest BCUT2D eigenvalue weighted by atomic mass is 79.9. The lowest BCUT2D eigenvalue weighted by molar-refractivity contribution is -0.110. The predicted molar refractivity (Wildman–Crippen MR) is 132 cm³/mol. The number of nitrogens with one attached hydrogen (secondary N) is 3. The third kappa shape index (κ3) is 6.53. The molecule has 12 heteroatoms. The second kappa shape index (κ2) is 11.3. The van der Waals surface area contributed by atoms with Gasteiger partial charge in [-0.2, -0.15) is 10.4 Å². The first-order valence-corrected chi connectivity index (χ1v) is 12.1. The molecule has 2 aromatic carbocycles. The molecule has 1 amide bonds. The van der Waals surface area contributed by atoms with Gasteiger partial charge >= 0.3 is 0 Å². The Balaban J connectivity index is 1.70. The number of benzene rings is 2. The van der Waals surface area contributed by atoms with E-state index < -0.39 is 21.6 Å². The van der Waals surface area contributed by atoms with Crippen molar-refractivity contribution in [3.8, 4) is 11.8 Å². The topological polar surface area (TPSA) is 146 Å². The Hall–Kier alpha value is -3.95. The molecular weight excluding hydrogens is 524 g/mol. The Labute approximate surface area is 204 Å². The van der Waals surface area contributed by atoms with E-state index in [-0.39, 0.29) is 16.5 Å².